The van der Waals surface area contributed by atoms with Crippen LogP contribution in [0.3, 0.4) is 0 Å². The molecule has 1 atom stereocenters. The molecule has 1 unspecified atom stereocenters. The van der Waals surface area contributed by atoms with Crippen LogP contribution in [0.1, 0.15) is 52.0 Å². The highest BCUT2D eigenvalue weighted by molar-refractivity contribution is 8.18. The van der Waals surface area contributed by atoms with E-state index in [4.69, 9.17) is 21.1 Å². The van der Waals surface area contributed by atoms with Crippen LogP contribution < -0.4 is 9.47 Å². The lowest BCUT2D eigenvalue weighted by Crippen LogP contribution is -2.44. The minimum Gasteiger partial charge on any atom is -0.490 e. The van der Waals surface area contributed by atoms with Crippen molar-refractivity contribution >= 4 is 46.5 Å². The van der Waals surface area contributed by atoms with Gasteiger partial charge in [-0.25, -0.2) is 0 Å². The van der Waals surface area contributed by atoms with Crippen molar-refractivity contribution < 1.29 is 23.9 Å². The zero-order valence-electron chi connectivity index (χ0n) is 18.7. The third-order valence-electron chi connectivity index (χ3n) is 5.40. The van der Waals surface area contributed by atoms with E-state index in [0.29, 0.717) is 41.8 Å². The highest BCUT2D eigenvalue weighted by atomic mass is 35.5. The molecule has 0 aromatic heterocycles. The van der Waals surface area contributed by atoms with Gasteiger partial charge in [0.2, 0.25) is 5.91 Å². The van der Waals surface area contributed by atoms with Gasteiger partial charge in [0.25, 0.3) is 11.1 Å². The van der Waals surface area contributed by atoms with Gasteiger partial charge >= 0.3 is 0 Å². The van der Waals surface area contributed by atoms with E-state index >= 15 is 0 Å². The van der Waals surface area contributed by atoms with E-state index in [1.165, 1.54) is 0 Å². The van der Waals surface area contributed by atoms with E-state index < -0.39 is 11.1 Å². The molecule has 2 aliphatic heterocycles. The van der Waals surface area contributed by atoms with Gasteiger partial charge in [0, 0.05) is 13.1 Å². The van der Waals surface area contributed by atoms with Gasteiger partial charge in [0.15, 0.2) is 11.5 Å². The lowest BCUT2D eigenvalue weighted by molar-refractivity contribution is -0.136. The Morgan fingerprint density at radius 1 is 1.22 bits per heavy atom. The van der Waals surface area contributed by atoms with E-state index in [1.54, 1.807) is 23.1 Å². The van der Waals surface area contributed by atoms with Crippen molar-refractivity contribution in [2.75, 3.05) is 26.2 Å². The zero-order chi connectivity index (χ0) is 23.3. The molecule has 2 aliphatic rings. The van der Waals surface area contributed by atoms with Gasteiger partial charge < -0.3 is 14.4 Å². The standard InChI is InChI=1S/C23H29ClN2O5S/c1-4-15(3)31-21-17(24)11-16(12-18(21)30-5-2)13-19-22(28)26(23(29)32-19)14-20(27)25-9-7-6-8-10-25/h11-13,15H,4-10,14H2,1-3H3. The number of hydrogen-bond acceptors (Lipinski definition) is 6. The summed E-state index contributed by atoms with van der Waals surface area (Å²) in [5.74, 6) is 0.271. The molecule has 174 valence electrons. The van der Waals surface area contributed by atoms with Crippen LogP contribution in [0.25, 0.3) is 6.08 Å². The van der Waals surface area contributed by atoms with Crippen LogP contribution in [-0.4, -0.2) is 59.2 Å². The Morgan fingerprint density at radius 2 is 1.94 bits per heavy atom. The van der Waals surface area contributed by atoms with Crippen molar-refractivity contribution in [2.45, 2.75) is 52.6 Å². The Bertz CT molecular complexity index is 914. The molecule has 0 radical (unpaired) electrons. The summed E-state index contributed by atoms with van der Waals surface area (Å²) < 4.78 is 11.6. The molecule has 2 saturated heterocycles. The largest absolute Gasteiger partial charge is 0.490 e. The third kappa shape index (κ3) is 5.78. The van der Waals surface area contributed by atoms with Crippen LogP contribution in [0.5, 0.6) is 11.5 Å². The number of rotatable bonds is 8. The van der Waals surface area contributed by atoms with Gasteiger partial charge in [-0.1, -0.05) is 18.5 Å². The number of thioether (sulfide) groups is 1. The normalized spacial score (nSPS) is 18.9. The number of hydrogen-bond donors (Lipinski definition) is 0. The molecule has 1 aromatic carbocycles. The zero-order valence-corrected chi connectivity index (χ0v) is 20.3. The summed E-state index contributed by atoms with van der Waals surface area (Å²) in [6, 6.07) is 3.41. The van der Waals surface area contributed by atoms with E-state index in [2.05, 4.69) is 0 Å². The fourth-order valence-corrected chi connectivity index (χ4v) is 4.60. The summed E-state index contributed by atoms with van der Waals surface area (Å²) in [6.45, 7) is 7.36. The minimum absolute atomic E-state index is 0.0357. The Balaban J connectivity index is 1.79. The molecule has 7 nitrogen and oxygen atoms in total. The summed E-state index contributed by atoms with van der Waals surface area (Å²) in [7, 11) is 0. The van der Waals surface area contributed by atoms with Crippen LogP contribution in [0.2, 0.25) is 5.02 Å². The molecule has 0 aliphatic carbocycles. The first-order valence-electron chi connectivity index (χ1n) is 11.0. The first-order valence-corrected chi connectivity index (χ1v) is 12.2. The van der Waals surface area contributed by atoms with Crippen molar-refractivity contribution in [3.63, 3.8) is 0 Å². The number of benzene rings is 1. The Kier molecular flexibility index (Phi) is 8.48. The highest BCUT2D eigenvalue weighted by Gasteiger charge is 2.37. The molecular weight excluding hydrogens is 452 g/mol. The molecule has 0 spiro atoms. The number of carbonyl (C=O) groups is 3. The third-order valence-corrected chi connectivity index (χ3v) is 6.59. The smallest absolute Gasteiger partial charge is 0.294 e. The fraction of sp³-hybridized carbons (Fsp3) is 0.522. The van der Waals surface area contributed by atoms with Crippen molar-refractivity contribution in [3.8, 4) is 11.5 Å². The van der Waals surface area contributed by atoms with Crippen LogP contribution in [0, 0.1) is 0 Å². The highest BCUT2D eigenvalue weighted by Crippen LogP contribution is 2.39. The van der Waals surface area contributed by atoms with Crippen molar-refractivity contribution in [1.29, 1.82) is 0 Å². The van der Waals surface area contributed by atoms with Crippen LogP contribution in [0.15, 0.2) is 17.0 Å². The summed E-state index contributed by atoms with van der Waals surface area (Å²) in [6.07, 6.45) is 5.37. The number of amides is 3. The molecule has 2 fully saturated rings. The SMILES string of the molecule is CCOc1cc(C=C2SC(=O)N(CC(=O)N3CCCCC3)C2=O)cc(Cl)c1OC(C)CC. The maximum absolute atomic E-state index is 12.8. The van der Waals surface area contributed by atoms with Gasteiger partial charge in [-0.05, 0) is 75.1 Å². The molecule has 0 N–H and O–H groups in total. The molecule has 3 amide bonds. The lowest BCUT2D eigenvalue weighted by Gasteiger charge is -2.27. The average molecular weight is 481 g/mol. The van der Waals surface area contributed by atoms with Crippen molar-refractivity contribution in [1.82, 2.24) is 9.80 Å². The summed E-state index contributed by atoms with van der Waals surface area (Å²) in [5.41, 5.74) is 0.614. The van der Waals surface area contributed by atoms with Crippen molar-refractivity contribution in [2.24, 2.45) is 0 Å². The molecule has 9 heteroatoms. The second-order valence-electron chi connectivity index (χ2n) is 7.81. The Hall–Kier alpha value is -2.19. The number of likely N-dealkylation sites (tertiary alicyclic amines) is 1. The number of carbonyl (C=O) groups excluding carboxylic acids is 3. The average Bonchev–Trinajstić information content (AvgIpc) is 3.04. The molecule has 0 bridgehead atoms. The Morgan fingerprint density at radius 3 is 2.59 bits per heavy atom. The number of piperidine rings is 1. The fourth-order valence-electron chi connectivity index (χ4n) is 3.50. The van der Waals surface area contributed by atoms with Gasteiger partial charge in [0.05, 0.1) is 22.6 Å². The van der Waals surface area contributed by atoms with Gasteiger partial charge in [-0.3, -0.25) is 19.3 Å². The van der Waals surface area contributed by atoms with E-state index in [0.717, 1.165) is 42.3 Å². The molecule has 2 heterocycles. The molecule has 0 saturated carbocycles. The van der Waals surface area contributed by atoms with Gasteiger partial charge in [-0.2, -0.15) is 0 Å². The van der Waals surface area contributed by atoms with E-state index in [-0.39, 0.29) is 23.5 Å². The number of imide groups is 1. The number of ether oxygens (including phenoxy) is 2. The minimum atomic E-state index is -0.473. The quantitative estimate of drug-likeness (QED) is 0.489. The van der Waals surface area contributed by atoms with Crippen molar-refractivity contribution in [3.05, 3.63) is 27.6 Å². The maximum Gasteiger partial charge on any atom is 0.294 e. The lowest BCUT2D eigenvalue weighted by atomic mass is 10.1. The molecular formula is C23H29ClN2O5S. The molecule has 1 aromatic rings. The van der Waals surface area contributed by atoms with Gasteiger partial charge in [0.1, 0.15) is 6.54 Å². The summed E-state index contributed by atoms with van der Waals surface area (Å²) in [5, 5.41) is -0.0820. The first-order chi connectivity index (χ1) is 15.3. The predicted octanol–water partition coefficient (Wildman–Crippen LogP) is 4.96. The molecule has 3 rings (SSSR count). The van der Waals surface area contributed by atoms with E-state index in [1.807, 2.05) is 20.8 Å². The number of nitrogens with zero attached hydrogens (tertiary/aromatic N) is 2. The first kappa shape index (κ1) is 24.5. The summed E-state index contributed by atoms with van der Waals surface area (Å²) in [4.78, 5) is 40.8. The van der Waals surface area contributed by atoms with Crippen LogP contribution >= 0.6 is 23.4 Å². The van der Waals surface area contributed by atoms with Gasteiger partial charge in [-0.15, -0.1) is 0 Å². The second kappa shape index (κ2) is 11.1. The topological polar surface area (TPSA) is 76.2 Å². The monoisotopic (exact) mass is 480 g/mol. The Labute approximate surface area is 198 Å². The van der Waals surface area contributed by atoms with Crippen LogP contribution in [-0.2, 0) is 9.59 Å². The predicted molar refractivity (Wildman–Crippen MR) is 126 cm³/mol. The maximum atomic E-state index is 12.8. The second-order valence-corrected chi connectivity index (χ2v) is 9.21. The number of halogens is 1. The van der Waals surface area contributed by atoms with Crippen LogP contribution in [0.4, 0.5) is 4.79 Å². The summed E-state index contributed by atoms with van der Waals surface area (Å²) >= 11 is 7.27. The van der Waals surface area contributed by atoms with E-state index in [9.17, 15) is 14.4 Å². The molecule has 32 heavy (non-hydrogen) atoms.